The monoisotopic (exact) mass is 672 g/mol. The van der Waals surface area contributed by atoms with Gasteiger partial charge in [-0.05, 0) is 70.6 Å². The molecule has 0 spiro atoms. The maximum absolute atomic E-state index is 13.8. The van der Waals surface area contributed by atoms with E-state index in [0.717, 1.165) is 45.4 Å². The smallest absolute Gasteiger partial charge is 0.218 e. The predicted octanol–water partition coefficient (Wildman–Crippen LogP) is 8.23. The third-order valence-electron chi connectivity index (χ3n) is 7.84. The molecule has 11 heteroatoms. The zero-order chi connectivity index (χ0) is 33.3. The molecular formula is C36H32Cl2F2N6O. The van der Waals surface area contributed by atoms with Crippen molar-refractivity contribution in [1.82, 2.24) is 20.4 Å². The Bertz CT molecular complexity index is 1900. The van der Waals surface area contributed by atoms with Gasteiger partial charge in [-0.25, -0.2) is 8.78 Å². The molecule has 0 saturated heterocycles. The van der Waals surface area contributed by atoms with Crippen molar-refractivity contribution in [3.05, 3.63) is 154 Å². The summed E-state index contributed by atoms with van der Waals surface area (Å²) in [6.45, 7) is 0.526. The second kappa shape index (κ2) is 15.6. The van der Waals surface area contributed by atoms with Crippen molar-refractivity contribution in [2.24, 2.45) is 11.5 Å². The van der Waals surface area contributed by atoms with E-state index >= 15 is 0 Å². The number of hydrogen-bond acceptors (Lipinski definition) is 4. The average molecular weight is 674 g/mol. The molecule has 0 bridgehead atoms. The van der Waals surface area contributed by atoms with Crippen LogP contribution in [0.25, 0.3) is 22.3 Å². The Kier molecular flexibility index (Phi) is 11.2. The molecule has 0 fully saturated rings. The third-order valence-corrected chi connectivity index (χ3v) is 8.45. The standard InChI is InChI=1S/C18H15ClFN3O.C18H17ClFN3/c19-16-6-5-13(7-17(16)20)15(8-18(21)24)12-3-1-11(2-4-12)14-9-22-23-10-14;19-17-6-5-14(9-18(17)20)16(7-8-21)13-3-1-12(2-4-13)15-10-22-23-11-15/h1-7,9-10,15H,8H2,(H2,21,24)(H,22,23);1-6,9-11,16H,7-8,21H2,(H,22,23). The molecule has 2 heterocycles. The molecule has 1 amide bonds. The number of halogens is 4. The lowest BCUT2D eigenvalue weighted by Gasteiger charge is -2.18. The van der Waals surface area contributed by atoms with Crippen LogP contribution in [0.4, 0.5) is 8.78 Å². The van der Waals surface area contributed by atoms with Crippen LogP contribution in [0.1, 0.15) is 46.9 Å². The van der Waals surface area contributed by atoms with Crippen molar-refractivity contribution < 1.29 is 13.6 Å². The number of carbonyl (C=O) groups excluding carboxylic acids is 1. The first-order chi connectivity index (χ1) is 22.7. The first kappa shape index (κ1) is 33.5. The number of primary amides is 1. The number of nitrogens with one attached hydrogen (secondary N) is 2. The van der Waals surface area contributed by atoms with E-state index in [1.54, 1.807) is 30.7 Å². The van der Waals surface area contributed by atoms with Gasteiger partial charge in [0.25, 0.3) is 0 Å². The molecule has 47 heavy (non-hydrogen) atoms. The normalized spacial score (nSPS) is 12.2. The molecule has 2 unspecified atom stereocenters. The Morgan fingerprint density at radius 3 is 1.47 bits per heavy atom. The molecular weight excluding hydrogens is 641 g/mol. The zero-order valence-corrected chi connectivity index (χ0v) is 26.6. The fourth-order valence-electron chi connectivity index (χ4n) is 5.41. The third kappa shape index (κ3) is 8.51. The minimum Gasteiger partial charge on any atom is -0.370 e. The Morgan fingerprint density at radius 2 is 1.09 bits per heavy atom. The number of aromatic amines is 2. The van der Waals surface area contributed by atoms with Gasteiger partial charge in [0.05, 0.1) is 22.4 Å². The maximum atomic E-state index is 13.8. The molecule has 0 aliphatic heterocycles. The van der Waals surface area contributed by atoms with Gasteiger partial charge in [0.1, 0.15) is 11.6 Å². The molecule has 0 saturated carbocycles. The maximum Gasteiger partial charge on any atom is 0.218 e. The summed E-state index contributed by atoms with van der Waals surface area (Å²) in [6, 6.07) is 25.3. The molecule has 0 radical (unpaired) electrons. The van der Waals surface area contributed by atoms with Crippen LogP contribution in [0.15, 0.2) is 110 Å². The predicted molar refractivity (Wildman–Crippen MR) is 182 cm³/mol. The fraction of sp³-hybridized carbons (Fsp3) is 0.139. The largest absolute Gasteiger partial charge is 0.370 e. The number of nitrogens with zero attached hydrogens (tertiary/aromatic N) is 2. The fourth-order valence-corrected chi connectivity index (χ4v) is 5.65. The van der Waals surface area contributed by atoms with Gasteiger partial charge in [0, 0.05) is 41.8 Å². The first-order valence-corrected chi connectivity index (χ1v) is 15.6. The Labute approximate surface area is 280 Å². The second-order valence-electron chi connectivity index (χ2n) is 10.9. The van der Waals surface area contributed by atoms with Crippen molar-refractivity contribution in [2.75, 3.05) is 6.54 Å². The van der Waals surface area contributed by atoms with Crippen LogP contribution >= 0.6 is 23.2 Å². The first-order valence-electron chi connectivity index (χ1n) is 14.8. The number of hydrogen-bond donors (Lipinski definition) is 4. The minimum absolute atomic E-state index is 0.0465. The summed E-state index contributed by atoms with van der Waals surface area (Å²) in [5, 5.41) is 13.6. The van der Waals surface area contributed by atoms with Gasteiger partial charge in [-0.2, -0.15) is 10.2 Å². The van der Waals surface area contributed by atoms with Gasteiger partial charge in [-0.1, -0.05) is 83.9 Å². The molecule has 7 nitrogen and oxygen atoms in total. The molecule has 0 aliphatic carbocycles. The van der Waals surface area contributed by atoms with Crippen molar-refractivity contribution in [2.45, 2.75) is 24.7 Å². The molecule has 240 valence electrons. The Hall–Kier alpha value is -4.83. The Balaban J connectivity index is 0.000000185. The van der Waals surface area contributed by atoms with Crippen molar-refractivity contribution in [1.29, 1.82) is 0 Å². The number of H-pyrrole nitrogens is 2. The molecule has 6 rings (SSSR count). The van der Waals surface area contributed by atoms with E-state index in [1.807, 2.05) is 48.7 Å². The van der Waals surface area contributed by atoms with Gasteiger partial charge in [0.15, 0.2) is 0 Å². The van der Waals surface area contributed by atoms with Gasteiger partial charge < -0.3 is 11.5 Å². The number of benzene rings is 4. The van der Waals surface area contributed by atoms with E-state index in [1.165, 1.54) is 18.2 Å². The molecule has 2 atom stereocenters. The summed E-state index contributed by atoms with van der Waals surface area (Å²) in [7, 11) is 0. The van der Waals surface area contributed by atoms with E-state index in [0.29, 0.717) is 12.1 Å². The lowest BCUT2D eigenvalue weighted by atomic mass is 9.87. The zero-order valence-electron chi connectivity index (χ0n) is 25.1. The number of aromatic nitrogens is 4. The lowest BCUT2D eigenvalue weighted by Crippen LogP contribution is -2.16. The highest BCUT2D eigenvalue weighted by atomic mass is 35.5. The van der Waals surface area contributed by atoms with E-state index in [-0.39, 0.29) is 28.3 Å². The summed E-state index contributed by atoms with van der Waals surface area (Å²) in [6.07, 6.45) is 7.98. The second-order valence-corrected chi connectivity index (χ2v) is 11.7. The highest BCUT2D eigenvalue weighted by molar-refractivity contribution is 6.31. The molecule has 6 N–H and O–H groups in total. The topological polar surface area (TPSA) is 126 Å². The SMILES string of the molecule is NC(=O)CC(c1ccc(-c2cn[nH]c2)cc1)c1ccc(Cl)c(F)c1.NCCC(c1ccc(-c2cn[nH]c2)cc1)c1ccc(Cl)c(F)c1. The van der Waals surface area contributed by atoms with E-state index in [2.05, 4.69) is 32.5 Å². The molecule has 6 aromatic rings. The summed E-state index contributed by atoms with van der Waals surface area (Å²) >= 11 is 11.5. The highest BCUT2D eigenvalue weighted by Gasteiger charge is 2.19. The minimum atomic E-state index is -0.515. The van der Waals surface area contributed by atoms with Crippen LogP contribution < -0.4 is 11.5 Å². The molecule has 4 aromatic carbocycles. The average Bonchev–Trinajstić information content (AvgIpc) is 3.82. The summed E-state index contributed by atoms with van der Waals surface area (Å²) in [4.78, 5) is 11.5. The van der Waals surface area contributed by atoms with Crippen LogP contribution in [-0.4, -0.2) is 32.8 Å². The summed E-state index contributed by atoms with van der Waals surface area (Å²) in [5.74, 6) is -1.65. The number of amides is 1. The molecule has 0 aliphatic rings. The van der Waals surface area contributed by atoms with Crippen LogP contribution in [0.2, 0.25) is 10.0 Å². The van der Waals surface area contributed by atoms with Gasteiger partial charge in [-0.3, -0.25) is 15.0 Å². The number of carbonyl (C=O) groups is 1. The van der Waals surface area contributed by atoms with Gasteiger partial charge in [0.2, 0.25) is 5.91 Å². The van der Waals surface area contributed by atoms with Crippen LogP contribution in [0.5, 0.6) is 0 Å². The quantitative estimate of drug-likeness (QED) is 0.117. The van der Waals surface area contributed by atoms with Gasteiger partial charge in [-0.15, -0.1) is 0 Å². The Morgan fingerprint density at radius 1 is 0.660 bits per heavy atom. The number of nitrogens with two attached hydrogens (primary N) is 2. The van der Waals surface area contributed by atoms with Crippen LogP contribution in [-0.2, 0) is 4.79 Å². The van der Waals surface area contributed by atoms with Crippen LogP contribution in [0.3, 0.4) is 0 Å². The number of rotatable bonds is 10. The van der Waals surface area contributed by atoms with Gasteiger partial charge >= 0.3 is 0 Å². The lowest BCUT2D eigenvalue weighted by molar-refractivity contribution is -0.118. The van der Waals surface area contributed by atoms with Crippen LogP contribution in [0, 0.1) is 11.6 Å². The van der Waals surface area contributed by atoms with E-state index in [9.17, 15) is 13.6 Å². The summed E-state index contributed by atoms with van der Waals surface area (Å²) < 4.78 is 27.6. The highest BCUT2D eigenvalue weighted by Crippen LogP contribution is 2.33. The van der Waals surface area contributed by atoms with E-state index < -0.39 is 17.5 Å². The van der Waals surface area contributed by atoms with E-state index in [4.69, 9.17) is 34.7 Å². The van der Waals surface area contributed by atoms with Crippen molar-refractivity contribution in [3.8, 4) is 22.3 Å². The van der Waals surface area contributed by atoms with Crippen molar-refractivity contribution in [3.63, 3.8) is 0 Å². The van der Waals surface area contributed by atoms with Crippen molar-refractivity contribution >= 4 is 29.1 Å². The summed E-state index contributed by atoms with van der Waals surface area (Å²) in [5.41, 5.74) is 18.7. The molecule has 2 aromatic heterocycles.